The summed E-state index contributed by atoms with van der Waals surface area (Å²) in [6.07, 6.45) is 0.00308. The lowest BCUT2D eigenvalue weighted by Gasteiger charge is -2.34. The molecule has 1 saturated carbocycles. The highest BCUT2D eigenvalue weighted by molar-refractivity contribution is 7.84. The lowest BCUT2D eigenvalue weighted by atomic mass is 9.92. The van der Waals surface area contributed by atoms with E-state index in [4.69, 9.17) is 0 Å². The van der Waals surface area contributed by atoms with Crippen LogP contribution in [0.25, 0.3) is 0 Å². The zero-order chi connectivity index (χ0) is 17.7. The lowest BCUT2D eigenvalue weighted by molar-refractivity contribution is -0.175. The molecule has 1 aliphatic carbocycles. The highest BCUT2D eigenvalue weighted by atomic mass is 32.2. The number of hydrogen-bond donors (Lipinski definition) is 1. The van der Waals surface area contributed by atoms with Crippen molar-refractivity contribution in [1.29, 1.82) is 0 Å². The van der Waals surface area contributed by atoms with E-state index in [-0.39, 0.29) is 12.3 Å². The van der Waals surface area contributed by atoms with Crippen LogP contribution < -0.4 is 4.72 Å². The Hall–Kier alpha value is -0.540. The van der Waals surface area contributed by atoms with Crippen molar-refractivity contribution in [2.24, 2.45) is 5.92 Å². The number of halogens is 3. The van der Waals surface area contributed by atoms with Crippen molar-refractivity contribution in [2.75, 3.05) is 0 Å². The molecule has 0 radical (unpaired) electrons. The number of alkyl halides is 3. The van der Waals surface area contributed by atoms with Gasteiger partial charge in [-0.15, -0.1) is 0 Å². The molecule has 134 valence electrons. The molecule has 6 heteroatoms. The van der Waals surface area contributed by atoms with Crippen LogP contribution in [0.1, 0.15) is 72.6 Å². The molecule has 0 aromatic carbocycles. The SMILES string of the molecule is CCCCCC[C@](C#CC1CC1)(NS(=O)C(C)(C)C)C(F)(F)F. The molecule has 2 atom stereocenters. The monoisotopic (exact) mass is 351 g/mol. The van der Waals surface area contributed by atoms with Gasteiger partial charge in [0.05, 0.1) is 15.7 Å². The smallest absolute Gasteiger partial charge is 0.242 e. The van der Waals surface area contributed by atoms with E-state index in [0.29, 0.717) is 6.42 Å². The van der Waals surface area contributed by atoms with E-state index in [0.717, 1.165) is 32.1 Å². The number of hydrogen-bond acceptors (Lipinski definition) is 1. The summed E-state index contributed by atoms with van der Waals surface area (Å²) < 4.78 is 55.3. The molecule has 2 nitrogen and oxygen atoms in total. The topological polar surface area (TPSA) is 29.1 Å². The van der Waals surface area contributed by atoms with Crippen LogP contribution in [-0.4, -0.2) is 20.7 Å². The van der Waals surface area contributed by atoms with Crippen molar-refractivity contribution in [3.63, 3.8) is 0 Å². The minimum atomic E-state index is -4.55. The van der Waals surface area contributed by atoms with E-state index in [2.05, 4.69) is 16.6 Å². The largest absolute Gasteiger partial charge is 0.418 e. The van der Waals surface area contributed by atoms with Gasteiger partial charge in [0, 0.05) is 5.92 Å². The molecule has 0 aliphatic heterocycles. The molecule has 0 heterocycles. The molecule has 0 bridgehead atoms. The Morgan fingerprint density at radius 3 is 2.17 bits per heavy atom. The zero-order valence-electron chi connectivity index (χ0n) is 14.5. The number of rotatable bonds is 7. The standard InChI is InChI=1S/C17H28F3NOS/c1-5-6-7-8-12-16(17(18,19)20,13-11-14-9-10-14)21-23(22)15(2,3)4/h14,21H,5-10,12H2,1-4H3/t16-,23?/m1/s1. The first-order valence-corrected chi connectivity index (χ1v) is 9.46. The first-order chi connectivity index (χ1) is 10.5. The second-order valence-electron chi connectivity index (χ2n) is 7.24. The minimum Gasteiger partial charge on any atom is -0.242 e. The predicted molar refractivity (Wildman–Crippen MR) is 89.1 cm³/mol. The summed E-state index contributed by atoms with van der Waals surface area (Å²) in [5, 5.41) is 0. The Balaban J connectivity index is 3.02. The third-order valence-corrected chi connectivity index (χ3v) is 5.43. The van der Waals surface area contributed by atoms with Crippen molar-refractivity contribution in [3.05, 3.63) is 0 Å². The fourth-order valence-electron chi connectivity index (χ4n) is 1.99. The van der Waals surface area contributed by atoms with Crippen molar-refractivity contribution < 1.29 is 17.4 Å². The third kappa shape index (κ3) is 6.46. The molecule has 1 aliphatic rings. The van der Waals surface area contributed by atoms with Gasteiger partial charge in [0.1, 0.15) is 0 Å². The van der Waals surface area contributed by atoms with Gasteiger partial charge in [0.2, 0.25) is 0 Å². The number of unbranched alkanes of at least 4 members (excludes halogenated alkanes) is 3. The maximum absolute atomic E-state index is 13.8. The average molecular weight is 351 g/mol. The van der Waals surface area contributed by atoms with Crippen LogP contribution in [0.5, 0.6) is 0 Å². The fourth-order valence-corrected chi connectivity index (χ4v) is 2.88. The quantitative estimate of drug-likeness (QED) is 0.522. The van der Waals surface area contributed by atoms with E-state index < -0.39 is 27.4 Å². The summed E-state index contributed by atoms with van der Waals surface area (Å²) in [5.74, 6) is 5.24. The summed E-state index contributed by atoms with van der Waals surface area (Å²) in [7, 11) is -1.83. The minimum absolute atomic E-state index is 0.0669. The van der Waals surface area contributed by atoms with Gasteiger partial charge in [-0.2, -0.15) is 13.2 Å². The molecule has 0 aromatic heterocycles. The summed E-state index contributed by atoms with van der Waals surface area (Å²) >= 11 is 0. The molecule has 0 aromatic rings. The summed E-state index contributed by atoms with van der Waals surface area (Å²) in [4.78, 5) is 0. The van der Waals surface area contributed by atoms with E-state index in [1.54, 1.807) is 20.8 Å². The van der Waals surface area contributed by atoms with Crippen molar-refractivity contribution in [2.45, 2.75) is 89.1 Å². The molecule has 1 N–H and O–H groups in total. The summed E-state index contributed by atoms with van der Waals surface area (Å²) in [6.45, 7) is 6.98. The molecule has 1 rings (SSSR count). The van der Waals surface area contributed by atoms with Crippen LogP contribution in [0, 0.1) is 17.8 Å². The van der Waals surface area contributed by atoms with Gasteiger partial charge in [-0.05, 0) is 40.0 Å². The highest BCUT2D eigenvalue weighted by Crippen LogP contribution is 2.37. The average Bonchev–Trinajstić information content (AvgIpc) is 3.22. The van der Waals surface area contributed by atoms with E-state index in [9.17, 15) is 17.4 Å². The van der Waals surface area contributed by atoms with Gasteiger partial charge < -0.3 is 0 Å². The maximum atomic E-state index is 13.8. The van der Waals surface area contributed by atoms with Crippen LogP contribution in [-0.2, 0) is 11.0 Å². The van der Waals surface area contributed by atoms with Crippen molar-refractivity contribution in [3.8, 4) is 11.8 Å². The Morgan fingerprint density at radius 1 is 1.13 bits per heavy atom. The summed E-state index contributed by atoms with van der Waals surface area (Å²) in [6, 6.07) is 0. The Kier molecular flexibility index (Phi) is 7.15. The number of nitrogens with one attached hydrogen (secondary N) is 1. The van der Waals surface area contributed by atoms with Crippen molar-refractivity contribution in [1.82, 2.24) is 4.72 Å². The van der Waals surface area contributed by atoms with Crippen LogP contribution in [0.15, 0.2) is 0 Å². The molecule has 0 spiro atoms. The first kappa shape index (κ1) is 20.5. The maximum Gasteiger partial charge on any atom is 0.418 e. The van der Waals surface area contributed by atoms with Crippen molar-refractivity contribution >= 4 is 11.0 Å². The van der Waals surface area contributed by atoms with E-state index in [1.165, 1.54) is 0 Å². The predicted octanol–water partition coefficient (Wildman–Crippen LogP) is 4.72. The second kappa shape index (κ2) is 8.02. The van der Waals surface area contributed by atoms with E-state index >= 15 is 0 Å². The zero-order valence-corrected chi connectivity index (χ0v) is 15.3. The lowest BCUT2D eigenvalue weighted by Crippen LogP contribution is -2.58. The van der Waals surface area contributed by atoms with Gasteiger partial charge >= 0.3 is 6.18 Å². The normalized spacial score (nSPS) is 19.6. The van der Waals surface area contributed by atoms with E-state index in [1.807, 2.05) is 6.92 Å². The van der Waals surface area contributed by atoms with Gasteiger partial charge in [0.25, 0.3) is 0 Å². The molecular formula is C17H28F3NOS. The van der Waals surface area contributed by atoms with Crippen LogP contribution in [0.4, 0.5) is 13.2 Å². The van der Waals surface area contributed by atoms with Gasteiger partial charge in [-0.1, -0.05) is 44.4 Å². The van der Waals surface area contributed by atoms with Gasteiger partial charge in [-0.3, -0.25) is 0 Å². The molecule has 1 fully saturated rings. The Labute approximate surface area is 140 Å². The highest BCUT2D eigenvalue weighted by Gasteiger charge is 2.55. The first-order valence-electron chi connectivity index (χ1n) is 8.31. The van der Waals surface area contributed by atoms with Gasteiger partial charge in [0.15, 0.2) is 5.54 Å². The Bertz CT molecular complexity index is 469. The molecular weight excluding hydrogens is 323 g/mol. The molecule has 1 unspecified atom stereocenters. The second-order valence-corrected chi connectivity index (χ2v) is 9.21. The Morgan fingerprint density at radius 2 is 1.74 bits per heavy atom. The molecule has 0 saturated heterocycles. The molecule has 0 amide bonds. The molecule has 23 heavy (non-hydrogen) atoms. The summed E-state index contributed by atoms with van der Waals surface area (Å²) in [5.41, 5.74) is -2.37. The van der Waals surface area contributed by atoms with Gasteiger partial charge in [-0.25, -0.2) is 8.93 Å². The third-order valence-electron chi connectivity index (χ3n) is 3.78. The fraction of sp³-hybridized carbons (Fsp3) is 0.882. The van der Waals surface area contributed by atoms with Crippen LogP contribution in [0.2, 0.25) is 0 Å². The van der Waals surface area contributed by atoms with Crippen LogP contribution >= 0.6 is 0 Å². The van der Waals surface area contributed by atoms with Crippen LogP contribution in [0.3, 0.4) is 0 Å².